The molecule has 1 aromatic carbocycles. The van der Waals surface area contributed by atoms with Gasteiger partial charge in [0, 0.05) is 30.6 Å². The summed E-state index contributed by atoms with van der Waals surface area (Å²) < 4.78 is 7.97. The van der Waals surface area contributed by atoms with Crippen molar-refractivity contribution in [2.45, 2.75) is 44.6 Å². The van der Waals surface area contributed by atoms with E-state index in [1.807, 2.05) is 11.9 Å². The van der Waals surface area contributed by atoms with Crippen LogP contribution in [0.1, 0.15) is 59.2 Å². The number of aromatic nitrogens is 3. The van der Waals surface area contributed by atoms with Crippen molar-refractivity contribution in [3.63, 3.8) is 0 Å². The van der Waals surface area contributed by atoms with Crippen LogP contribution in [-0.4, -0.2) is 45.3 Å². The maximum atomic E-state index is 13.2. The summed E-state index contributed by atoms with van der Waals surface area (Å²) in [5.41, 5.74) is 3.44. The molecule has 0 radical (unpaired) electrons. The molecule has 2 aliphatic rings. The smallest absolute Gasteiger partial charge is 0.293 e. The second-order valence-electron chi connectivity index (χ2n) is 8.82. The SMILES string of the molecule is CC(C)c1ccc(-c2nc(C(=O)N3CCC4(CC3)OCCc3ccsc34)nn2C)cc1. The van der Waals surface area contributed by atoms with Gasteiger partial charge in [0.15, 0.2) is 5.82 Å². The van der Waals surface area contributed by atoms with Crippen LogP contribution in [0.4, 0.5) is 0 Å². The summed E-state index contributed by atoms with van der Waals surface area (Å²) in [7, 11) is 1.84. The third-order valence-corrected chi connectivity index (χ3v) is 7.70. The Kier molecular flexibility index (Phi) is 5.18. The number of rotatable bonds is 3. The zero-order chi connectivity index (χ0) is 21.6. The summed E-state index contributed by atoms with van der Waals surface area (Å²) in [5.74, 6) is 1.36. The lowest BCUT2D eigenvalue weighted by Gasteiger charge is -2.43. The molecular formula is C24H28N4O2S. The van der Waals surface area contributed by atoms with Gasteiger partial charge in [-0.05, 0) is 47.8 Å². The van der Waals surface area contributed by atoms with Gasteiger partial charge in [-0.1, -0.05) is 38.1 Å². The van der Waals surface area contributed by atoms with E-state index >= 15 is 0 Å². The minimum atomic E-state index is -0.223. The van der Waals surface area contributed by atoms with Crippen LogP contribution < -0.4 is 0 Å². The zero-order valence-corrected chi connectivity index (χ0v) is 19.1. The number of fused-ring (bicyclic) bond motifs is 2. The Morgan fingerprint density at radius 1 is 1.16 bits per heavy atom. The maximum Gasteiger partial charge on any atom is 0.293 e. The van der Waals surface area contributed by atoms with Crippen LogP contribution in [0.5, 0.6) is 0 Å². The highest BCUT2D eigenvalue weighted by Gasteiger charge is 2.43. The van der Waals surface area contributed by atoms with Gasteiger partial charge in [-0.25, -0.2) is 9.67 Å². The molecule has 1 fully saturated rings. The normalized spacial score (nSPS) is 17.9. The van der Waals surface area contributed by atoms with E-state index < -0.39 is 0 Å². The van der Waals surface area contributed by atoms with Crippen LogP contribution in [0, 0.1) is 0 Å². The van der Waals surface area contributed by atoms with Crippen molar-refractivity contribution >= 4 is 17.2 Å². The number of nitrogens with zero attached hydrogens (tertiary/aromatic N) is 4. The molecule has 0 atom stereocenters. The first-order valence-corrected chi connectivity index (χ1v) is 11.9. The van der Waals surface area contributed by atoms with Crippen molar-refractivity contribution in [3.05, 3.63) is 57.5 Å². The van der Waals surface area contributed by atoms with Gasteiger partial charge in [-0.15, -0.1) is 16.4 Å². The van der Waals surface area contributed by atoms with Gasteiger partial charge >= 0.3 is 0 Å². The highest BCUT2D eigenvalue weighted by molar-refractivity contribution is 7.10. The average molecular weight is 437 g/mol. The van der Waals surface area contributed by atoms with Gasteiger partial charge in [0.1, 0.15) is 5.60 Å². The highest BCUT2D eigenvalue weighted by atomic mass is 32.1. The molecule has 4 heterocycles. The second kappa shape index (κ2) is 7.88. The molecule has 0 N–H and O–H groups in total. The Bertz CT molecular complexity index is 1090. The number of amides is 1. The van der Waals surface area contributed by atoms with Gasteiger partial charge in [0.2, 0.25) is 5.82 Å². The van der Waals surface area contributed by atoms with E-state index in [0.29, 0.717) is 24.8 Å². The van der Waals surface area contributed by atoms with E-state index in [9.17, 15) is 4.79 Å². The van der Waals surface area contributed by atoms with Crippen molar-refractivity contribution in [1.29, 1.82) is 0 Å². The van der Waals surface area contributed by atoms with Crippen molar-refractivity contribution in [3.8, 4) is 11.4 Å². The standard InChI is InChI=1S/C24H28N4O2S/c1-16(2)17-4-6-19(7-5-17)22-25-21(26-27(22)3)23(29)28-12-10-24(11-13-28)20-18(8-14-30-24)9-15-31-20/h4-7,9,15-16H,8,10-14H2,1-3H3. The third kappa shape index (κ3) is 3.59. The molecule has 2 aliphatic heterocycles. The lowest BCUT2D eigenvalue weighted by Crippen LogP contribution is -2.48. The first-order chi connectivity index (χ1) is 15.0. The van der Waals surface area contributed by atoms with Gasteiger partial charge < -0.3 is 9.64 Å². The largest absolute Gasteiger partial charge is 0.369 e. The maximum absolute atomic E-state index is 13.2. The minimum absolute atomic E-state index is 0.0993. The number of carbonyl (C=O) groups excluding carboxylic acids is 1. The Hall–Kier alpha value is -2.51. The average Bonchev–Trinajstić information content (AvgIpc) is 3.42. The van der Waals surface area contributed by atoms with Gasteiger partial charge in [-0.3, -0.25) is 4.79 Å². The fraction of sp³-hybridized carbons (Fsp3) is 0.458. The van der Waals surface area contributed by atoms with E-state index in [1.54, 1.807) is 16.0 Å². The molecule has 1 amide bonds. The number of hydrogen-bond acceptors (Lipinski definition) is 5. The number of thiophene rings is 1. The topological polar surface area (TPSA) is 60.3 Å². The van der Waals surface area contributed by atoms with Crippen LogP contribution >= 0.6 is 11.3 Å². The lowest BCUT2D eigenvalue weighted by molar-refractivity contribution is -0.0907. The summed E-state index contributed by atoms with van der Waals surface area (Å²) in [4.78, 5) is 21.0. The highest BCUT2D eigenvalue weighted by Crippen LogP contribution is 2.44. The van der Waals surface area contributed by atoms with Crippen molar-refractivity contribution in [2.75, 3.05) is 19.7 Å². The summed E-state index contributed by atoms with van der Waals surface area (Å²) in [6.45, 7) is 6.43. The number of benzene rings is 1. The lowest BCUT2D eigenvalue weighted by atomic mass is 9.85. The number of ether oxygens (including phenoxy) is 1. The predicted octanol–water partition coefficient (Wildman–Crippen LogP) is 4.37. The first kappa shape index (κ1) is 20.4. The van der Waals surface area contributed by atoms with Gasteiger partial charge in [0.25, 0.3) is 5.91 Å². The number of likely N-dealkylation sites (tertiary alicyclic amines) is 1. The van der Waals surface area contributed by atoms with Gasteiger partial charge in [-0.2, -0.15) is 0 Å². The van der Waals surface area contributed by atoms with Crippen molar-refractivity contribution in [1.82, 2.24) is 19.7 Å². The van der Waals surface area contributed by atoms with Gasteiger partial charge in [0.05, 0.1) is 6.61 Å². The molecule has 3 aromatic rings. The summed E-state index contributed by atoms with van der Waals surface area (Å²) >= 11 is 1.79. The molecule has 5 rings (SSSR count). The Morgan fingerprint density at radius 3 is 2.61 bits per heavy atom. The molecular weight excluding hydrogens is 408 g/mol. The van der Waals surface area contributed by atoms with Crippen LogP contribution in [0.15, 0.2) is 35.7 Å². The van der Waals surface area contributed by atoms with Crippen LogP contribution in [0.2, 0.25) is 0 Å². The fourth-order valence-corrected chi connectivity index (χ4v) is 5.85. The fourth-order valence-electron chi connectivity index (χ4n) is 4.68. The number of piperidine rings is 1. The Balaban J connectivity index is 1.31. The molecule has 0 saturated carbocycles. The second-order valence-corrected chi connectivity index (χ2v) is 9.74. The predicted molar refractivity (Wildman–Crippen MR) is 121 cm³/mol. The molecule has 1 spiro atoms. The number of hydrogen-bond donors (Lipinski definition) is 0. The zero-order valence-electron chi connectivity index (χ0n) is 18.3. The molecule has 2 aromatic heterocycles. The number of aryl methyl sites for hydroxylation is 1. The molecule has 0 bridgehead atoms. The van der Waals surface area contributed by atoms with E-state index in [0.717, 1.165) is 31.4 Å². The van der Waals surface area contributed by atoms with E-state index in [4.69, 9.17) is 4.74 Å². The van der Waals surface area contributed by atoms with Crippen LogP contribution in [-0.2, 0) is 23.8 Å². The Labute approximate surface area is 186 Å². The molecule has 31 heavy (non-hydrogen) atoms. The first-order valence-electron chi connectivity index (χ1n) is 11.0. The minimum Gasteiger partial charge on any atom is -0.369 e. The monoisotopic (exact) mass is 436 g/mol. The quantitative estimate of drug-likeness (QED) is 0.612. The van der Waals surface area contributed by atoms with Crippen molar-refractivity contribution in [2.24, 2.45) is 7.05 Å². The van der Waals surface area contributed by atoms with Crippen LogP contribution in [0.25, 0.3) is 11.4 Å². The summed E-state index contributed by atoms with van der Waals surface area (Å²) in [5, 5.41) is 6.59. The van der Waals surface area contributed by atoms with Crippen molar-refractivity contribution < 1.29 is 9.53 Å². The Morgan fingerprint density at radius 2 is 1.90 bits per heavy atom. The molecule has 162 valence electrons. The molecule has 0 aliphatic carbocycles. The summed E-state index contributed by atoms with van der Waals surface area (Å²) in [6.07, 6.45) is 2.63. The van der Waals surface area contributed by atoms with Crippen LogP contribution in [0.3, 0.4) is 0 Å². The van der Waals surface area contributed by atoms with E-state index in [1.165, 1.54) is 16.0 Å². The molecule has 6 nitrogen and oxygen atoms in total. The van der Waals surface area contributed by atoms with E-state index in [-0.39, 0.29) is 17.3 Å². The number of carbonyl (C=O) groups is 1. The third-order valence-electron chi connectivity index (χ3n) is 6.56. The summed E-state index contributed by atoms with van der Waals surface area (Å²) in [6, 6.07) is 10.6. The molecule has 1 saturated heterocycles. The molecule has 7 heteroatoms. The molecule has 0 unspecified atom stereocenters. The van der Waals surface area contributed by atoms with E-state index in [2.05, 4.69) is 59.6 Å².